The third-order valence-corrected chi connectivity index (χ3v) is 22.4. The Kier molecular flexibility index (Phi) is 25.7. The molecule has 0 bridgehead atoms. The molecule has 1 amide bonds. The lowest BCUT2D eigenvalue weighted by Gasteiger charge is -2.27. The average Bonchev–Trinajstić information content (AvgIpc) is 1.38. The quantitative estimate of drug-likeness (QED) is 0.0288. The number of sulfonamides is 2. The molecule has 8 N–H and O–H groups in total. The first-order valence-electron chi connectivity index (χ1n) is 35.4. The summed E-state index contributed by atoms with van der Waals surface area (Å²) in [5, 5.41) is 13.2. The number of rotatable bonds is 24. The van der Waals surface area contributed by atoms with Crippen LogP contribution in [0.4, 0.5) is 46.5 Å². The first-order valence-corrected chi connectivity index (χ1v) is 40.2. The Morgan fingerprint density at radius 1 is 0.460 bits per heavy atom. The number of hydrogen-bond donors (Lipinski definition) is 8. The Morgan fingerprint density at radius 3 is 1.28 bits per heavy atom. The number of nitrogens with zero attached hydrogens (tertiary/aromatic N) is 14. The molecule has 42 heteroatoms. The number of methoxy groups -OCH3 is 5. The SMILES string of the molecule is CCOc1nc(Nc2ccc(S(=O)(=O)N3CCOCC3)cc2OC)nc2nc[nH]c12.CCOc1nc(Nc2ccc(S(C)(=O)=O)cc2OC)nc2nc[nH]c12.CCc1nc(Nc2ccc(S(=O)(=O)N3CCOCC3)cc2OC)nc2nc[nH]c12.COc1cc(C(=O)N2CCOCC2)ccc1Nc1nc(OC)c2c(C)c[nH]c2n1. The smallest absolute Gasteiger partial charge is 0.254 e. The molecule has 39 nitrogen and oxygen atoms in total. The molecule has 8 aromatic heterocycles. The number of aromatic nitrogens is 15. The Morgan fingerprint density at radius 2 is 0.850 bits per heavy atom. The lowest BCUT2D eigenvalue weighted by Crippen LogP contribution is -2.40. The van der Waals surface area contributed by atoms with Crippen LogP contribution in [0.15, 0.2) is 113 Å². The van der Waals surface area contributed by atoms with Gasteiger partial charge >= 0.3 is 0 Å². The Balaban J connectivity index is 0.000000140. The summed E-state index contributed by atoms with van der Waals surface area (Å²) in [6.07, 6.45) is 8.30. The lowest BCUT2D eigenvalue weighted by molar-refractivity contribution is 0.0302. The minimum absolute atomic E-state index is 0.0423. The molecule has 15 rings (SSSR count). The minimum Gasteiger partial charge on any atom is -0.495 e. The summed E-state index contributed by atoms with van der Waals surface area (Å²) in [6, 6.07) is 19.1. The molecule has 0 aliphatic carbocycles. The van der Waals surface area contributed by atoms with E-state index in [2.05, 4.69) is 96.0 Å². The number of fused-ring (bicyclic) bond motifs is 4. The maximum Gasteiger partial charge on any atom is 0.254 e. The van der Waals surface area contributed by atoms with Gasteiger partial charge in [0.2, 0.25) is 61.5 Å². The third kappa shape index (κ3) is 18.7. The van der Waals surface area contributed by atoms with E-state index in [1.54, 1.807) is 67.9 Å². The summed E-state index contributed by atoms with van der Waals surface area (Å²) < 4.78 is 132. The van der Waals surface area contributed by atoms with Gasteiger partial charge < -0.3 is 93.5 Å². The Bertz CT molecular complexity index is 5720. The van der Waals surface area contributed by atoms with Crippen molar-refractivity contribution >= 4 is 127 Å². The number of aryl methyl sites for hydroxylation is 2. The zero-order chi connectivity index (χ0) is 80.0. The largest absolute Gasteiger partial charge is 0.495 e. The Hall–Kier alpha value is -11.9. The van der Waals surface area contributed by atoms with Gasteiger partial charge in [0, 0.05) is 75.5 Å². The maximum atomic E-state index is 12.9. The van der Waals surface area contributed by atoms with Crippen LogP contribution in [0.25, 0.3) is 44.5 Å². The number of morpholine rings is 3. The summed E-state index contributed by atoms with van der Waals surface area (Å²) in [6.45, 7) is 13.7. The molecule has 0 spiro atoms. The van der Waals surface area contributed by atoms with E-state index < -0.39 is 29.9 Å². The highest BCUT2D eigenvalue weighted by Gasteiger charge is 2.30. The van der Waals surface area contributed by atoms with Crippen molar-refractivity contribution in [2.75, 3.05) is 155 Å². The number of ether oxygens (including phenoxy) is 10. The topological polar surface area (TPSA) is 475 Å². The second-order valence-corrected chi connectivity index (χ2v) is 30.6. The molecule has 0 saturated carbocycles. The van der Waals surface area contributed by atoms with Crippen LogP contribution in [0.3, 0.4) is 0 Å². The standard InChI is InChI=1S/C20H23N5O4.C18H22N6O5S.C18H22N6O4S.C15H17N5O4S/c1-12-11-21-17-16(12)18(28-3)24-20(23-17)22-14-5-4-13(10-15(14)27-2)19(26)25-6-8-29-9-7-25;1-3-29-17-15-16(20-11-19-15)22-18(23-17)21-13-5-4-12(10-14(13)27-2)30(25,26)24-6-8-28-9-7-24;1-3-13-16-17(20-11-19-16)23-18(21-13)22-14-5-4-12(10-15(14)27-2)29(25,26)24-6-8-28-9-7-24;1-4-24-14-12-13(17-8-16-12)19-15(20-14)18-10-6-5-9(25(3,21)22)7-11(10)23-2/h4-5,10-11H,6-9H2,1-3H3,(H2,21,22,23,24);4-5,10-11H,3,6-9H2,1-2H3,(H2,19,20,21,22,23);4-5,10-11H,3,6-9H2,1-2H3,(H2,19,20,21,22,23);5-8H,4H2,1-3H3,(H2,16,17,18,19,20). The summed E-state index contributed by atoms with van der Waals surface area (Å²) >= 11 is 0. The second-order valence-electron chi connectivity index (χ2n) is 24.7. The van der Waals surface area contributed by atoms with Crippen LogP contribution in [0.2, 0.25) is 0 Å². The first kappa shape index (κ1) is 80.6. The van der Waals surface area contributed by atoms with Crippen LogP contribution in [0.5, 0.6) is 40.6 Å². The van der Waals surface area contributed by atoms with Crippen molar-refractivity contribution in [1.82, 2.24) is 88.3 Å². The van der Waals surface area contributed by atoms with Crippen molar-refractivity contribution in [3.05, 3.63) is 115 Å². The van der Waals surface area contributed by atoms with Gasteiger partial charge in [-0.25, -0.2) is 45.2 Å². The van der Waals surface area contributed by atoms with Crippen LogP contribution in [0.1, 0.15) is 42.4 Å². The molecule has 3 aliphatic rings. The highest BCUT2D eigenvalue weighted by molar-refractivity contribution is 7.90. The van der Waals surface area contributed by atoms with E-state index >= 15 is 0 Å². The monoisotopic (exact) mass is 1610 g/mol. The number of aromatic amines is 4. The molecule has 3 fully saturated rings. The van der Waals surface area contributed by atoms with E-state index in [1.807, 2.05) is 33.9 Å². The summed E-state index contributed by atoms with van der Waals surface area (Å²) in [5.74, 6) is 4.01. The van der Waals surface area contributed by atoms with E-state index in [4.69, 9.17) is 47.4 Å². The first-order chi connectivity index (χ1) is 54.6. The summed E-state index contributed by atoms with van der Waals surface area (Å²) in [7, 11) is -3.05. The van der Waals surface area contributed by atoms with Crippen molar-refractivity contribution in [3.63, 3.8) is 0 Å². The predicted molar refractivity (Wildman–Crippen MR) is 416 cm³/mol. The molecular formula is C71H84N22O17S3. The van der Waals surface area contributed by atoms with Gasteiger partial charge in [0.1, 0.15) is 45.2 Å². The van der Waals surface area contributed by atoms with Gasteiger partial charge in [-0.3, -0.25) is 4.79 Å². The lowest BCUT2D eigenvalue weighted by atomic mass is 10.1. The number of benzene rings is 4. The molecule has 0 radical (unpaired) electrons. The fourth-order valence-corrected chi connectivity index (χ4v) is 15.4. The molecule has 0 atom stereocenters. The van der Waals surface area contributed by atoms with E-state index in [9.17, 15) is 30.0 Å². The molecule has 3 saturated heterocycles. The second kappa shape index (κ2) is 36.0. The molecule has 12 aromatic rings. The van der Waals surface area contributed by atoms with Crippen LogP contribution in [-0.4, -0.2) is 253 Å². The van der Waals surface area contributed by atoms with E-state index in [0.717, 1.165) is 28.4 Å². The van der Waals surface area contributed by atoms with Gasteiger partial charge in [0.15, 0.2) is 26.8 Å². The van der Waals surface area contributed by atoms with Gasteiger partial charge in [-0.1, -0.05) is 6.92 Å². The number of carbonyl (C=O) groups excluding carboxylic acids is 1. The summed E-state index contributed by atoms with van der Waals surface area (Å²) in [5.41, 5.74) is 8.78. The third-order valence-electron chi connectivity index (χ3n) is 17.5. The fourth-order valence-electron chi connectivity index (χ4n) is 11.9. The molecule has 113 heavy (non-hydrogen) atoms. The number of imidazole rings is 3. The van der Waals surface area contributed by atoms with Crippen molar-refractivity contribution in [2.45, 2.75) is 48.8 Å². The van der Waals surface area contributed by atoms with Crippen molar-refractivity contribution in [3.8, 4) is 40.6 Å². The number of H-pyrrole nitrogens is 4. The normalized spacial score (nSPS) is 14.2. The predicted octanol–water partition coefficient (Wildman–Crippen LogP) is 7.62. The Labute approximate surface area is 648 Å². The molecular weight excluding hydrogens is 1530 g/mol. The average molecular weight is 1610 g/mol. The van der Waals surface area contributed by atoms with E-state index in [1.165, 1.54) is 72.9 Å². The van der Waals surface area contributed by atoms with E-state index in [0.29, 0.717) is 213 Å². The number of amides is 1. The molecule has 4 aromatic carbocycles. The van der Waals surface area contributed by atoms with Crippen LogP contribution in [0, 0.1) is 6.92 Å². The minimum atomic E-state index is -3.64. The number of anilines is 8. The van der Waals surface area contributed by atoms with Crippen molar-refractivity contribution < 1.29 is 77.4 Å². The van der Waals surface area contributed by atoms with Gasteiger partial charge in [-0.05, 0) is 87.4 Å². The number of carbonyl (C=O) groups is 1. The number of sulfone groups is 1. The van der Waals surface area contributed by atoms with Gasteiger partial charge in [0.25, 0.3) is 5.91 Å². The van der Waals surface area contributed by atoms with Crippen molar-refractivity contribution in [1.29, 1.82) is 0 Å². The highest BCUT2D eigenvalue weighted by Crippen LogP contribution is 2.37. The van der Waals surface area contributed by atoms with Crippen LogP contribution >= 0.6 is 0 Å². The highest BCUT2D eigenvalue weighted by atomic mass is 32.2. The molecule has 3 aliphatic heterocycles. The van der Waals surface area contributed by atoms with Gasteiger partial charge in [-0.15, -0.1) is 0 Å². The molecule has 598 valence electrons. The van der Waals surface area contributed by atoms with Gasteiger partial charge in [0.05, 0.1) is 156 Å². The number of nitrogens with one attached hydrogen (secondary N) is 8. The number of hydrogen-bond acceptors (Lipinski definition) is 32. The summed E-state index contributed by atoms with van der Waals surface area (Å²) in [4.78, 5) is 74.7. The van der Waals surface area contributed by atoms with Gasteiger partial charge in [-0.2, -0.15) is 43.5 Å². The zero-order valence-corrected chi connectivity index (χ0v) is 65.7. The molecule has 11 heterocycles. The van der Waals surface area contributed by atoms with Crippen LogP contribution < -0.4 is 54.4 Å². The van der Waals surface area contributed by atoms with Crippen molar-refractivity contribution in [2.24, 2.45) is 0 Å². The van der Waals surface area contributed by atoms with E-state index in [-0.39, 0.29) is 32.5 Å². The molecule has 0 unspecified atom stereocenters. The zero-order valence-electron chi connectivity index (χ0n) is 63.3. The maximum absolute atomic E-state index is 12.9. The fraction of sp³-hybridized carbons (Fsp3) is 0.352. The van der Waals surface area contributed by atoms with Crippen LogP contribution in [-0.2, 0) is 50.5 Å².